The fraction of sp³-hybridized carbons (Fsp3) is 1.00. The second-order valence-corrected chi connectivity index (χ2v) is 4.48. The SMILES string of the molecule is CC(O)C(CO)OC(OCCCCCS)C(O)O. The Morgan fingerprint density at radius 1 is 1.11 bits per heavy atom. The van der Waals surface area contributed by atoms with Crippen molar-refractivity contribution in [3.63, 3.8) is 0 Å². The van der Waals surface area contributed by atoms with E-state index in [2.05, 4.69) is 12.6 Å². The highest BCUT2D eigenvalue weighted by Crippen LogP contribution is 2.09. The van der Waals surface area contributed by atoms with E-state index in [-0.39, 0.29) is 0 Å². The van der Waals surface area contributed by atoms with Crippen LogP contribution < -0.4 is 0 Å². The van der Waals surface area contributed by atoms with Crippen molar-refractivity contribution >= 4 is 12.6 Å². The molecular weight excluding hydrogens is 260 g/mol. The fourth-order valence-electron chi connectivity index (χ4n) is 1.27. The molecule has 0 aliphatic rings. The van der Waals surface area contributed by atoms with Gasteiger partial charge in [0.1, 0.15) is 6.10 Å². The van der Waals surface area contributed by atoms with Crippen LogP contribution in [0, 0.1) is 0 Å². The number of aliphatic hydroxyl groups is 4. The van der Waals surface area contributed by atoms with Crippen molar-refractivity contribution in [3.05, 3.63) is 0 Å². The van der Waals surface area contributed by atoms with Gasteiger partial charge in [0.05, 0.1) is 12.7 Å². The van der Waals surface area contributed by atoms with Crippen LogP contribution in [-0.4, -0.2) is 64.2 Å². The number of hydrogen-bond donors (Lipinski definition) is 5. The Bertz CT molecular complexity index is 190. The van der Waals surface area contributed by atoms with Crippen molar-refractivity contribution in [3.8, 4) is 0 Å². The predicted molar refractivity (Wildman–Crippen MR) is 69.3 cm³/mol. The standard InChI is InChI=1S/C11H24O6S/c1-8(13)9(7-12)17-11(10(14)15)16-5-3-2-4-6-18/h8-15,18H,2-7H2,1H3. The molecule has 0 saturated carbocycles. The van der Waals surface area contributed by atoms with Crippen LogP contribution in [0.3, 0.4) is 0 Å². The number of aliphatic hydroxyl groups excluding tert-OH is 3. The van der Waals surface area contributed by atoms with Gasteiger partial charge in [-0.3, -0.25) is 0 Å². The highest BCUT2D eigenvalue weighted by atomic mass is 32.1. The van der Waals surface area contributed by atoms with E-state index in [0.29, 0.717) is 6.61 Å². The van der Waals surface area contributed by atoms with Crippen molar-refractivity contribution in [2.24, 2.45) is 0 Å². The third-order valence-corrected chi connectivity index (χ3v) is 2.67. The van der Waals surface area contributed by atoms with Gasteiger partial charge in [-0.25, -0.2) is 0 Å². The molecule has 0 bridgehead atoms. The maximum absolute atomic E-state index is 9.27. The lowest BCUT2D eigenvalue weighted by atomic mass is 10.2. The number of ether oxygens (including phenoxy) is 2. The number of thiol groups is 1. The van der Waals surface area contributed by atoms with Gasteiger partial charge in [0.25, 0.3) is 0 Å². The molecule has 3 unspecified atom stereocenters. The molecule has 110 valence electrons. The molecule has 0 aliphatic heterocycles. The summed E-state index contributed by atoms with van der Waals surface area (Å²) in [6.07, 6.45) is -2.27. The third kappa shape index (κ3) is 8.25. The lowest BCUT2D eigenvalue weighted by Gasteiger charge is -2.26. The summed E-state index contributed by atoms with van der Waals surface area (Å²) >= 11 is 4.08. The molecule has 0 aromatic carbocycles. The summed E-state index contributed by atoms with van der Waals surface area (Å²) < 4.78 is 10.3. The molecule has 4 N–H and O–H groups in total. The van der Waals surface area contributed by atoms with Gasteiger partial charge in [-0.05, 0) is 25.5 Å². The molecule has 0 saturated heterocycles. The molecule has 18 heavy (non-hydrogen) atoms. The van der Waals surface area contributed by atoms with Crippen molar-refractivity contribution in [2.75, 3.05) is 19.0 Å². The third-order valence-electron chi connectivity index (χ3n) is 2.35. The van der Waals surface area contributed by atoms with E-state index in [1.807, 2.05) is 0 Å². The quantitative estimate of drug-likeness (QED) is 0.199. The zero-order chi connectivity index (χ0) is 14.0. The Hall–Kier alpha value is 0.110. The van der Waals surface area contributed by atoms with Gasteiger partial charge in [0, 0.05) is 6.61 Å². The van der Waals surface area contributed by atoms with Crippen molar-refractivity contribution < 1.29 is 29.9 Å². The molecular formula is C11H24O6S. The van der Waals surface area contributed by atoms with E-state index >= 15 is 0 Å². The predicted octanol–water partition coefficient (Wildman–Crippen LogP) is -0.502. The number of hydrogen-bond acceptors (Lipinski definition) is 7. The van der Waals surface area contributed by atoms with Crippen molar-refractivity contribution in [2.45, 2.75) is 51.0 Å². The van der Waals surface area contributed by atoms with E-state index in [9.17, 15) is 5.11 Å². The van der Waals surface area contributed by atoms with Crippen molar-refractivity contribution in [1.29, 1.82) is 0 Å². The van der Waals surface area contributed by atoms with Crippen LogP contribution in [0.4, 0.5) is 0 Å². The minimum atomic E-state index is -1.82. The Morgan fingerprint density at radius 2 is 1.78 bits per heavy atom. The smallest absolute Gasteiger partial charge is 0.209 e. The van der Waals surface area contributed by atoms with Gasteiger partial charge in [0.15, 0.2) is 0 Å². The molecule has 0 heterocycles. The largest absolute Gasteiger partial charge is 0.394 e. The molecule has 6 nitrogen and oxygen atoms in total. The molecule has 0 spiro atoms. The molecule has 0 radical (unpaired) electrons. The molecule has 0 aromatic heterocycles. The first-order valence-electron chi connectivity index (χ1n) is 6.06. The normalized spacial score (nSPS) is 16.8. The van der Waals surface area contributed by atoms with Crippen LogP contribution in [0.1, 0.15) is 26.2 Å². The lowest BCUT2D eigenvalue weighted by Crippen LogP contribution is -2.41. The molecule has 7 heteroatoms. The number of unbranched alkanes of at least 4 members (excludes halogenated alkanes) is 2. The molecule has 0 rings (SSSR count). The van der Waals surface area contributed by atoms with Gasteiger partial charge in [-0.2, -0.15) is 12.6 Å². The lowest BCUT2D eigenvalue weighted by molar-refractivity contribution is -0.280. The molecule has 0 aliphatic carbocycles. The Labute approximate surface area is 113 Å². The van der Waals surface area contributed by atoms with Crippen LogP contribution in [0.5, 0.6) is 0 Å². The highest BCUT2D eigenvalue weighted by Gasteiger charge is 2.25. The first-order chi connectivity index (χ1) is 8.52. The molecule has 0 fully saturated rings. The van der Waals surface area contributed by atoms with Crippen molar-refractivity contribution in [1.82, 2.24) is 0 Å². The second kappa shape index (κ2) is 11.0. The highest BCUT2D eigenvalue weighted by molar-refractivity contribution is 7.80. The summed E-state index contributed by atoms with van der Waals surface area (Å²) in [5.41, 5.74) is 0. The zero-order valence-corrected chi connectivity index (χ0v) is 11.5. The first kappa shape index (κ1) is 18.1. The van der Waals surface area contributed by atoms with Crippen LogP contribution >= 0.6 is 12.6 Å². The van der Waals surface area contributed by atoms with Gasteiger partial charge in [-0.15, -0.1) is 0 Å². The van der Waals surface area contributed by atoms with E-state index in [1.54, 1.807) is 0 Å². The topological polar surface area (TPSA) is 99.4 Å². The van der Waals surface area contributed by atoms with Gasteiger partial charge in [0.2, 0.25) is 12.6 Å². The van der Waals surface area contributed by atoms with E-state index in [4.69, 9.17) is 24.8 Å². The molecule has 3 atom stereocenters. The summed E-state index contributed by atoms with van der Waals surface area (Å²) in [7, 11) is 0. The maximum Gasteiger partial charge on any atom is 0.209 e. The van der Waals surface area contributed by atoms with Crippen LogP contribution in [-0.2, 0) is 9.47 Å². The maximum atomic E-state index is 9.27. The summed E-state index contributed by atoms with van der Waals surface area (Å²) in [5, 5.41) is 36.4. The Balaban J connectivity index is 3.98. The van der Waals surface area contributed by atoms with Crippen LogP contribution in [0.2, 0.25) is 0 Å². The summed E-state index contributed by atoms with van der Waals surface area (Å²) in [5.74, 6) is 0.803. The fourth-order valence-corrected chi connectivity index (χ4v) is 1.49. The molecule has 0 aromatic rings. The van der Waals surface area contributed by atoms with E-state index < -0.39 is 31.4 Å². The van der Waals surface area contributed by atoms with Gasteiger partial charge in [-0.1, -0.05) is 6.42 Å². The Morgan fingerprint density at radius 3 is 2.22 bits per heavy atom. The Kier molecular flexibility index (Phi) is 11.0. The van der Waals surface area contributed by atoms with E-state index in [1.165, 1.54) is 6.92 Å². The molecule has 0 amide bonds. The number of rotatable bonds is 11. The average Bonchev–Trinajstić information content (AvgIpc) is 2.31. The average molecular weight is 284 g/mol. The minimum absolute atomic E-state index is 0.314. The van der Waals surface area contributed by atoms with Gasteiger partial charge >= 0.3 is 0 Å². The summed E-state index contributed by atoms with van der Waals surface area (Å²) in [6, 6.07) is 0. The van der Waals surface area contributed by atoms with Gasteiger partial charge < -0.3 is 29.9 Å². The summed E-state index contributed by atoms with van der Waals surface area (Å²) in [4.78, 5) is 0. The van der Waals surface area contributed by atoms with Crippen LogP contribution in [0.15, 0.2) is 0 Å². The minimum Gasteiger partial charge on any atom is -0.394 e. The van der Waals surface area contributed by atoms with Crippen LogP contribution in [0.25, 0.3) is 0 Å². The summed E-state index contributed by atoms with van der Waals surface area (Å²) in [6.45, 7) is 1.33. The van der Waals surface area contributed by atoms with E-state index in [0.717, 1.165) is 25.0 Å². The monoisotopic (exact) mass is 284 g/mol. The second-order valence-electron chi connectivity index (χ2n) is 4.03. The zero-order valence-electron chi connectivity index (χ0n) is 10.6. The first-order valence-corrected chi connectivity index (χ1v) is 6.69.